The Bertz CT molecular complexity index is 327. The summed E-state index contributed by atoms with van der Waals surface area (Å²) in [6.45, 7) is 6.63. The van der Waals surface area contributed by atoms with E-state index in [1.165, 1.54) is 6.42 Å². The summed E-state index contributed by atoms with van der Waals surface area (Å²) in [5.74, 6) is 0.643. The van der Waals surface area contributed by atoms with Crippen LogP contribution in [0.1, 0.15) is 27.2 Å². The minimum absolute atomic E-state index is 0.439. The largest absolute Gasteiger partial charge is 0.381 e. The molecule has 0 aliphatic carbocycles. The zero-order valence-electron chi connectivity index (χ0n) is 9.35. The summed E-state index contributed by atoms with van der Waals surface area (Å²) >= 11 is 9.52. The number of nitrogens with one attached hydrogen (secondary N) is 1. The highest BCUT2D eigenvalue weighted by Gasteiger charge is 2.11. The van der Waals surface area contributed by atoms with Crippen LogP contribution in [0.15, 0.2) is 22.7 Å². The summed E-state index contributed by atoms with van der Waals surface area (Å²) in [5, 5.41) is 4.20. The van der Waals surface area contributed by atoms with Crippen LogP contribution in [0.5, 0.6) is 0 Å². The predicted octanol–water partition coefficient (Wildman–Crippen LogP) is 4.95. The van der Waals surface area contributed by atoms with Gasteiger partial charge in [0.1, 0.15) is 0 Å². The fraction of sp³-hybridized carbons (Fsp3) is 0.500. The van der Waals surface area contributed by atoms with Crippen LogP contribution in [0.3, 0.4) is 0 Å². The van der Waals surface area contributed by atoms with Gasteiger partial charge in [0.15, 0.2) is 0 Å². The van der Waals surface area contributed by atoms with Crippen molar-refractivity contribution in [1.29, 1.82) is 0 Å². The van der Waals surface area contributed by atoms with Gasteiger partial charge in [0.25, 0.3) is 0 Å². The monoisotopic (exact) mass is 289 g/mol. The summed E-state index contributed by atoms with van der Waals surface area (Å²) in [6, 6.07) is 6.35. The fourth-order valence-electron chi connectivity index (χ4n) is 1.35. The van der Waals surface area contributed by atoms with Crippen molar-refractivity contribution in [2.45, 2.75) is 33.2 Å². The normalized spacial score (nSPS) is 14.7. The van der Waals surface area contributed by atoms with E-state index in [9.17, 15) is 0 Å². The second-order valence-corrected chi connectivity index (χ2v) is 5.27. The lowest BCUT2D eigenvalue weighted by atomic mass is 10.0. The maximum atomic E-state index is 6.13. The Labute approximate surface area is 105 Å². The van der Waals surface area contributed by atoms with Crippen LogP contribution in [0, 0.1) is 5.92 Å². The first kappa shape index (κ1) is 12.9. The highest BCUT2D eigenvalue weighted by atomic mass is 79.9. The van der Waals surface area contributed by atoms with Crippen molar-refractivity contribution in [3.8, 4) is 0 Å². The van der Waals surface area contributed by atoms with E-state index in [-0.39, 0.29) is 0 Å². The quantitative estimate of drug-likeness (QED) is 0.827. The van der Waals surface area contributed by atoms with Crippen LogP contribution >= 0.6 is 27.5 Å². The highest BCUT2D eigenvalue weighted by molar-refractivity contribution is 9.10. The Balaban J connectivity index is 2.72. The Kier molecular flexibility index (Phi) is 4.94. The molecule has 1 aromatic carbocycles. The zero-order chi connectivity index (χ0) is 11.4. The lowest BCUT2D eigenvalue weighted by Gasteiger charge is -2.21. The molecule has 1 nitrogen and oxygen atoms in total. The summed E-state index contributed by atoms with van der Waals surface area (Å²) in [5.41, 5.74) is 1.01. The number of benzene rings is 1. The average molecular weight is 291 g/mol. The van der Waals surface area contributed by atoms with Gasteiger partial charge in [-0.25, -0.2) is 0 Å². The molecule has 2 unspecified atom stereocenters. The molecule has 1 rings (SSSR count). The van der Waals surface area contributed by atoms with Crippen molar-refractivity contribution in [1.82, 2.24) is 0 Å². The summed E-state index contributed by atoms with van der Waals surface area (Å²) < 4.78 is 1.01. The second-order valence-electron chi connectivity index (χ2n) is 3.94. The first-order chi connectivity index (χ1) is 7.04. The third-order valence-electron chi connectivity index (χ3n) is 2.81. The van der Waals surface area contributed by atoms with E-state index in [2.05, 4.69) is 42.0 Å². The smallest absolute Gasteiger partial charge is 0.0648 e. The van der Waals surface area contributed by atoms with Gasteiger partial charge in [-0.05, 0) is 31.0 Å². The van der Waals surface area contributed by atoms with Crippen molar-refractivity contribution in [3.63, 3.8) is 0 Å². The number of halogens is 2. The van der Waals surface area contributed by atoms with Crippen molar-refractivity contribution >= 4 is 33.2 Å². The Hall–Kier alpha value is -0.210. The molecule has 0 radical (unpaired) electrons. The minimum atomic E-state index is 0.439. The molecule has 1 aromatic rings. The molecule has 0 amide bonds. The van der Waals surface area contributed by atoms with Crippen LogP contribution in [0.25, 0.3) is 0 Å². The molecule has 2 atom stereocenters. The topological polar surface area (TPSA) is 12.0 Å². The Morgan fingerprint density at radius 1 is 1.40 bits per heavy atom. The summed E-state index contributed by atoms with van der Waals surface area (Å²) in [7, 11) is 0. The third-order valence-corrected chi connectivity index (χ3v) is 3.62. The van der Waals surface area contributed by atoms with Crippen molar-refractivity contribution in [2.24, 2.45) is 5.92 Å². The van der Waals surface area contributed by atoms with Gasteiger partial charge in [-0.2, -0.15) is 0 Å². The van der Waals surface area contributed by atoms with Gasteiger partial charge in [-0.15, -0.1) is 0 Å². The molecule has 0 spiro atoms. The zero-order valence-corrected chi connectivity index (χ0v) is 11.7. The number of rotatable bonds is 4. The van der Waals surface area contributed by atoms with E-state index >= 15 is 0 Å². The SMILES string of the molecule is CCC(C)C(C)Nc1ccc(Br)cc1Cl. The van der Waals surface area contributed by atoms with E-state index in [1.807, 2.05) is 18.2 Å². The molecule has 1 N–H and O–H groups in total. The van der Waals surface area contributed by atoms with Gasteiger partial charge in [-0.1, -0.05) is 47.8 Å². The maximum absolute atomic E-state index is 6.13. The standard InChI is InChI=1S/C12H17BrClN/c1-4-8(2)9(3)15-12-6-5-10(13)7-11(12)14/h5-9,15H,4H2,1-3H3. The second kappa shape index (κ2) is 5.76. The lowest BCUT2D eigenvalue weighted by Crippen LogP contribution is -2.23. The molecule has 0 aliphatic heterocycles. The van der Waals surface area contributed by atoms with Crippen LogP contribution in [0.4, 0.5) is 5.69 Å². The first-order valence-corrected chi connectivity index (χ1v) is 6.43. The van der Waals surface area contributed by atoms with E-state index < -0.39 is 0 Å². The van der Waals surface area contributed by atoms with Gasteiger partial charge >= 0.3 is 0 Å². The fourth-order valence-corrected chi connectivity index (χ4v) is 2.08. The van der Waals surface area contributed by atoms with Gasteiger partial charge in [0.2, 0.25) is 0 Å². The van der Waals surface area contributed by atoms with Gasteiger partial charge < -0.3 is 5.32 Å². The summed E-state index contributed by atoms with van der Waals surface area (Å²) in [6.07, 6.45) is 1.17. The molecule has 0 saturated heterocycles. The number of hydrogen-bond donors (Lipinski definition) is 1. The highest BCUT2D eigenvalue weighted by Crippen LogP contribution is 2.27. The molecule has 84 valence electrons. The van der Waals surface area contributed by atoms with Crippen LogP contribution in [0.2, 0.25) is 5.02 Å². The van der Waals surface area contributed by atoms with Crippen molar-refractivity contribution in [2.75, 3.05) is 5.32 Å². The van der Waals surface area contributed by atoms with Crippen LogP contribution in [-0.2, 0) is 0 Å². The first-order valence-electron chi connectivity index (χ1n) is 5.26. The molecule has 0 bridgehead atoms. The molecule has 0 saturated carbocycles. The third kappa shape index (κ3) is 3.69. The molecular weight excluding hydrogens is 273 g/mol. The number of hydrogen-bond acceptors (Lipinski definition) is 1. The molecule has 3 heteroatoms. The molecule has 0 aliphatic rings. The van der Waals surface area contributed by atoms with Crippen molar-refractivity contribution in [3.05, 3.63) is 27.7 Å². The predicted molar refractivity (Wildman–Crippen MR) is 71.7 cm³/mol. The van der Waals surface area contributed by atoms with Crippen LogP contribution in [-0.4, -0.2) is 6.04 Å². The maximum Gasteiger partial charge on any atom is 0.0648 e. The van der Waals surface area contributed by atoms with Crippen LogP contribution < -0.4 is 5.32 Å². The van der Waals surface area contributed by atoms with Gasteiger partial charge in [-0.3, -0.25) is 0 Å². The van der Waals surface area contributed by atoms with Crippen molar-refractivity contribution < 1.29 is 0 Å². The molecule has 0 fully saturated rings. The minimum Gasteiger partial charge on any atom is -0.381 e. The van der Waals surface area contributed by atoms with E-state index in [1.54, 1.807) is 0 Å². The molecule has 0 aromatic heterocycles. The average Bonchev–Trinajstić information content (AvgIpc) is 2.20. The summed E-state index contributed by atoms with van der Waals surface area (Å²) in [4.78, 5) is 0. The van der Waals surface area contributed by atoms with E-state index in [4.69, 9.17) is 11.6 Å². The van der Waals surface area contributed by atoms with E-state index in [0.29, 0.717) is 12.0 Å². The van der Waals surface area contributed by atoms with E-state index in [0.717, 1.165) is 15.2 Å². The van der Waals surface area contributed by atoms with Gasteiger partial charge in [0.05, 0.1) is 10.7 Å². The molecule has 0 heterocycles. The molecule has 15 heavy (non-hydrogen) atoms. The molecular formula is C12H17BrClN. The Morgan fingerprint density at radius 2 is 2.07 bits per heavy atom. The lowest BCUT2D eigenvalue weighted by molar-refractivity contribution is 0.494. The van der Waals surface area contributed by atoms with Gasteiger partial charge in [0, 0.05) is 10.5 Å². The Morgan fingerprint density at radius 3 is 2.60 bits per heavy atom. The number of anilines is 1.